The summed E-state index contributed by atoms with van der Waals surface area (Å²) in [7, 11) is 0. The van der Waals surface area contributed by atoms with Crippen LogP contribution in [0, 0.1) is 10.1 Å². The van der Waals surface area contributed by atoms with Crippen LogP contribution in [0.3, 0.4) is 0 Å². The normalized spacial score (nSPS) is 13.2. The van der Waals surface area contributed by atoms with Gasteiger partial charge in [0.25, 0.3) is 11.6 Å². The first-order chi connectivity index (χ1) is 11.6. The molecule has 1 aliphatic heterocycles. The minimum absolute atomic E-state index is 0.0326. The van der Waals surface area contributed by atoms with Gasteiger partial charge in [0.2, 0.25) is 5.95 Å². The first-order valence-electron chi connectivity index (χ1n) is 7.37. The summed E-state index contributed by atoms with van der Waals surface area (Å²) in [5, 5.41) is 11.0. The molecule has 4 rings (SSSR count). The van der Waals surface area contributed by atoms with Crippen LogP contribution >= 0.6 is 0 Å². The number of nitro groups is 1. The molecule has 2 N–H and O–H groups in total. The van der Waals surface area contributed by atoms with Gasteiger partial charge in [-0.1, -0.05) is 12.1 Å². The zero-order valence-corrected chi connectivity index (χ0v) is 12.5. The summed E-state index contributed by atoms with van der Waals surface area (Å²) >= 11 is 0. The van der Waals surface area contributed by atoms with E-state index >= 15 is 0 Å². The average Bonchev–Trinajstić information content (AvgIpc) is 3.13. The van der Waals surface area contributed by atoms with E-state index in [1.165, 1.54) is 23.1 Å². The third-order valence-electron chi connectivity index (χ3n) is 4.14. The SMILES string of the molecule is Nc1ccc(C(=O)N2CCn3c2nc2ccccc23)cc1[N+](=O)[O-]. The van der Waals surface area contributed by atoms with Gasteiger partial charge in [0.15, 0.2) is 0 Å². The van der Waals surface area contributed by atoms with Crippen molar-refractivity contribution in [1.82, 2.24) is 9.55 Å². The second kappa shape index (κ2) is 5.05. The maximum Gasteiger partial charge on any atom is 0.292 e. The number of fused-ring (bicyclic) bond motifs is 3. The first kappa shape index (κ1) is 14.2. The van der Waals surface area contributed by atoms with Crippen LogP contribution in [-0.2, 0) is 6.54 Å². The predicted octanol–water partition coefficient (Wildman–Crippen LogP) is 2.19. The Labute approximate surface area is 136 Å². The summed E-state index contributed by atoms with van der Waals surface area (Å²) in [6, 6.07) is 11.7. The number of rotatable bonds is 2. The quantitative estimate of drug-likeness (QED) is 0.442. The Morgan fingerprint density at radius 2 is 2.00 bits per heavy atom. The van der Waals surface area contributed by atoms with Gasteiger partial charge in [-0.3, -0.25) is 19.8 Å². The molecular formula is C16H13N5O3. The summed E-state index contributed by atoms with van der Waals surface area (Å²) in [4.78, 5) is 29.3. The number of aromatic nitrogens is 2. The van der Waals surface area contributed by atoms with Crippen LogP contribution in [0.1, 0.15) is 10.4 Å². The van der Waals surface area contributed by atoms with Gasteiger partial charge in [-0.25, -0.2) is 4.98 Å². The lowest BCUT2D eigenvalue weighted by Crippen LogP contribution is -2.29. The highest BCUT2D eigenvalue weighted by molar-refractivity contribution is 6.07. The Morgan fingerprint density at radius 3 is 2.79 bits per heavy atom. The first-order valence-corrected chi connectivity index (χ1v) is 7.37. The Morgan fingerprint density at radius 1 is 1.21 bits per heavy atom. The molecule has 2 aromatic carbocycles. The molecule has 0 bridgehead atoms. The highest BCUT2D eigenvalue weighted by atomic mass is 16.6. The molecule has 0 radical (unpaired) electrons. The third-order valence-corrected chi connectivity index (χ3v) is 4.14. The van der Waals surface area contributed by atoms with E-state index in [4.69, 9.17) is 5.73 Å². The Balaban J connectivity index is 1.75. The van der Waals surface area contributed by atoms with Crippen LogP contribution in [0.2, 0.25) is 0 Å². The van der Waals surface area contributed by atoms with Gasteiger partial charge in [0.1, 0.15) is 5.69 Å². The predicted molar refractivity (Wildman–Crippen MR) is 88.9 cm³/mol. The molecule has 1 aromatic heterocycles. The maximum absolute atomic E-state index is 12.8. The lowest BCUT2D eigenvalue weighted by atomic mass is 10.1. The minimum Gasteiger partial charge on any atom is -0.393 e. The Hall–Kier alpha value is -3.42. The van der Waals surface area contributed by atoms with Crippen molar-refractivity contribution >= 4 is 34.3 Å². The van der Waals surface area contributed by atoms with Crippen molar-refractivity contribution in [3.63, 3.8) is 0 Å². The third kappa shape index (κ3) is 2.00. The molecule has 0 fully saturated rings. The van der Waals surface area contributed by atoms with Crippen molar-refractivity contribution in [2.75, 3.05) is 17.2 Å². The van der Waals surface area contributed by atoms with Crippen molar-refractivity contribution in [3.05, 3.63) is 58.1 Å². The van der Waals surface area contributed by atoms with E-state index in [9.17, 15) is 14.9 Å². The second-order valence-corrected chi connectivity index (χ2v) is 5.54. The average molecular weight is 323 g/mol. The molecule has 120 valence electrons. The highest BCUT2D eigenvalue weighted by Crippen LogP contribution is 2.29. The molecule has 1 aliphatic rings. The van der Waals surface area contributed by atoms with Gasteiger partial charge in [-0.2, -0.15) is 0 Å². The number of nitro benzene ring substituents is 1. The molecule has 8 nitrogen and oxygen atoms in total. The molecular weight excluding hydrogens is 310 g/mol. The number of carbonyl (C=O) groups is 1. The molecule has 24 heavy (non-hydrogen) atoms. The van der Waals surface area contributed by atoms with Crippen LogP contribution in [0.5, 0.6) is 0 Å². The van der Waals surface area contributed by atoms with Gasteiger partial charge < -0.3 is 10.3 Å². The number of benzene rings is 2. The lowest BCUT2D eigenvalue weighted by molar-refractivity contribution is -0.383. The van der Waals surface area contributed by atoms with Gasteiger partial charge in [-0.05, 0) is 24.3 Å². The zero-order chi connectivity index (χ0) is 16.8. The molecule has 8 heteroatoms. The van der Waals surface area contributed by atoms with Gasteiger partial charge in [0.05, 0.1) is 16.0 Å². The largest absolute Gasteiger partial charge is 0.393 e. The topological polar surface area (TPSA) is 107 Å². The number of hydrogen-bond acceptors (Lipinski definition) is 5. The molecule has 0 spiro atoms. The summed E-state index contributed by atoms with van der Waals surface area (Å²) in [5.41, 5.74) is 7.35. The molecule has 0 atom stereocenters. The molecule has 0 aliphatic carbocycles. The fourth-order valence-corrected chi connectivity index (χ4v) is 2.97. The zero-order valence-electron chi connectivity index (χ0n) is 12.5. The molecule has 1 amide bonds. The number of nitrogen functional groups attached to an aromatic ring is 1. The van der Waals surface area contributed by atoms with Crippen molar-refractivity contribution in [3.8, 4) is 0 Å². The highest BCUT2D eigenvalue weighted by Gasteiger charge is 2.30. The van der Waals surface area contributed by atoms with E-state index < -0.39 is 4.92 Å². The standard InChI is InChI=1S/C16H13N5O3/c17-11-6-5-10(9-14(11)21(23)24)15(22)20-8-7-19-13-4-2-1-3-12(13)18-16(19)20/h1-6,9H,7-8,17H2. The molecule has 0 unspecified atom stereocenters. The fourth-order valence-electron chi connectivity index (χ4n) is 2.97. The van der Waals surface area contributed by atoms with Crippen molar-refractivity contribution in [1.29, 1.82) is 0 Å². The number of hydrogen-bond donors (Lipinski definition) is 1. The van der Waals surface area contributed by atoms with Crippen LogP contribution in [-0.4, -0.2) is 26.9 Å². The van der Waals surface area contributed by atoms with Crippen LogP contribution in [0.15, 0.2) is 42.5 Å². The molecule has 0 saturated carbocycles. The van der Waals surface area contributed by atoms with E-state index in [1.54, 1.807) is 0 Å². The number of amides is 1. The number of imidazole rings is 1. The fraction of sp³-hybridized carbons (Fsp3) is 0.125. The summed E-state index contributed by atoms with van der Waals surface area (Å²) < 4.78 is 1.97. The van der Waals surface area contributed by atoms with Gasteiger partial charge in [-0.15, -0.1) is 0 Å². The Bertz CT molecular complexity index is 995. The van der Waals surface area contributed by atoms with E-state index in [0.717, 1.165) is 11.0 Å². The van der Waals surface area contributed by atoms with E-state index in [1.807, 2.05) is 28.8 Å². The van der Waals surface area contributed by atoms with Crippen LogP contribution in [0.4, 0.5) is 17.3 Å². The van der Waals surface area contributed by atoms with Gasteiger partial charge >= 0.3 is 0 Å². The summed E-state index contributed by atoms with van der Waals surface area (Å²) in [6.07, 6.45) is 0. The van der Waals surface area contributed by atoms with E-state index in [-0.39, 0.29) is 22.8 Å². The lowest BCUT2D eigenvalue weighted by Gasteiger charge is -2.14. The Kier molecular flexibility index (Phi) is 2.99. The number of anilines is 2. The van der Waals surface area contributed by atoms with Crippen LogP contribution in [0.25, 0.3) is 11.0 Å². The number of carbonyl (C=O) groups excluding carboxylic acids is 1. The smallest absolute Gasteiger partial charge is 0.292 e. The number of para-hydroxylation sites is 2. The van der Waals surface area contributed by atoms with Gasteiger partial charge in [0, 0.05) is 24.7 Å². The summed E-state index contributed by atoms with van der Waals surface area (Å²) in [5.74, 6) is 0.229. The molecule has 3 aromatic rings. The number of nitrogens with zero attached hydrogens (tertiary/aromatic N) is 4. The van der Waals surface area contributed by atoms with Crippen molar-refractivity contribution in [2.24, 2.45) is 0 Å². The van der Waals surface area contributed by atoms with E-state index in [2.05, 4.69) is 4.98 Å². The second-order valence-electron chi connectivity index (χ2n) is 5.54. The number of nitrogens with two attached hydrogens (primary N) is 1. The van der Waals surface area contributed by atoms with Crippen molar-refractivity contribution < 1.29 is 9.72 Å². The van der Waals surface area contributed by atoms with E-state index in [0.29, 0.717) is 19.0 Å². The minimum atomic E-state index is -0.592. The summed E-state index contributed by atoms with van der Waals surface area (Å²) in [6.45, 7) is 1.11. The molecule has 0 saturated heterocycles. The van der Waals surface area contributed by atoms with Crippen molar-refractivity contribution in [2.45, 2.75) is 6.54 Å². The maximum atomic E-state index is 12.8. The monoisotopic (exact) mass is 323 g/mol. The van der Waals surface area contributed by atoms with Crippen LogP contribution < -0.4 is 10.6 Å². The molecule has 2 heterocycles.